The number of hydrogen-bond donors (Lipinski definition) is 1. The first kappa shape index (κ1) is 33.5. The highest BCUT2D eigenvalue weighted by Gasteiger charge is 2.40. The summed E-state index contributed by atoms with van der Waals surface area (Å²) in [6, 6.07) is 11.8. The Morgan fingerprint density at radius 3 is 2.20 bits per heavy atom. The number of dihydropyridines is 1. The van der Waals surface area contributed by atoms with Crippen LogP contribution in [0.4, 0.5) is 10.1 Å². The lowest BCUT2D eigenvalue weighted by Gasteiger charge is -2.31. The van der Waals surface area contributed by atoms with E-state index in [1.165, 1.54) is 37.4 Å². The number of piperidine rings is 1. The number of halogens is 1. The van der Waals surface area contributed by atoms with Crippen LogP contribution in [-0.2, 0) is 19.1 Å². The number of nitro groups is 1. The zero-order chi connectivity index (χ0) is 32.5. The van der Waals surface area contributed by atoms with Gasteiger partial charge in [-0.05, 0) is 83.4 Å². The number of carbonyl (C=O) groups is 3. The molecule has 45 heavy (non-hydrogen) atoms. The van der Waals surface area contributed by atoms with Gasteiger partial charge in [-0.3, -0.25) is 14.9 Å². The van der Waals surface area contributed by atoms with Crippen LogP contribution < -0.4 is 5.32 Å². The highest BCUT2D eigenvalue weighted by atomic mass is 19.1. The number of methoxy groups -OCH3 is 1. The fourth-order valence-corrected chi connectivity index (χ4v) is 6.16. The van der Waals surface area contributed by atoms with E-state index in [0.717, 1.165) is 51.7 Å². The number of benzene rings is 2. The van der Waals surface area contributed by atoms with Crippen molar-refractivity contribution in [3.8, 4) is 0 Å². The number of hydrogen-bond acceptors (Lipinski definition) is 9. The maximum Gasteiger partial charge on any atom is 0.336 e. The van der Waals surface area contributed by atoms with Crippen molar-refractivity contribution in [1.29, 1.82) is 0 Å². The number of nitrogens with one attached hydrogen (secondary N) is 1. The normalized spacial score (nSPS) is 17.6. The zero-order valence-electron chi connectivity index (χ0n) is 26.0. The maximum absolute atomic E-state index is 13.4. The van der Waals surface area contributed by atoms with Crippen molar-refractivity contribution in [2.75, 3.05) is 33.4 Å². The number of allylic oxidation sites excluding steroid dienone is 2. The Kier molecular flexibility index (Phi) is 11.6. The average molecular weight is 622 g/mol. The Morgan fingerprint density at radius 2 is 1.56 bits per heavy atom. The molecule has 0 radical (unpaired) electrons. The van der Waals surface area contributed by atoms with E-state index in [9.17, 15) is 28.9 Å². The molecule has 1 N–H and O–H groups in total. The third kappa shape index (κ3) is 8.21. The molecule has 1 atom stereocenters. The molecule has 2 aromatic carbocycles. The first-order chi connectivity index (χ1) is 21.6. The Bertz CT molecular complexity index is 1480. The van der Waals surface area contributed by atoms with Crippen molar-refractivity contribution in [1.82, 2.24) is 10.2 Å². The van der Waals surface area contributed by atoms with Gasteiger partial charge in [0.1, 0.15) is 5.82 Å². The van der Waals surface area contributed by atoms with Crippen molar-refractivity contribution < 1.29 is 33.2 Å². The van der Waals surface area contributed by atoms with E-state index in [2.05, 4.69) is 10.2 Å². The molecule has 0 saturated carbocycles. The van der Waals surface area contributed by atoms with Crippen LogP contribution in [0.5, 0.6) is 0 Å². The van der Waals surface area contributed by atoms with E-state index >= 15 is 0 Å². The number of likely N-dealkylation sites (tertiary alicyclic amines) is 1. The predicted octanol–water partition coefficient (Wildman–Crippen LogP) is 5.84. The van der Waals surface area contributed by atoms with Gasteiger partial charge in [-0.2, -0.15) is 0 Å². The van der Waals surface area contributed by atoms with Crippen molar-refractivity contribution in [3.63, 3.8) is 0 Å². The van der Waals surface area contributed by atoms with Gasteiger partial charge in [-0.1, -0.05) is 31.0 Å². The minimum atomic E-state index is -1.03. The van der Waals surface area contributed by atoms with E-state index in [4.69, 9.17) is 9.47 Å². The molecule has 0 bridgehead atoms. The molecule has 1 saturated heterocycles. The number of unbranched alkanes of at least 4 members (excludes halogenated alkanes) is 3. The van der Waals surface area contributed by atoms with Crippen LogP contribution in [-0.4, -0.2) is 60.9 Å². The minimum absolute atomic E-state index is 0.0322. The number of para-hydroxylation sites is 1. The molecule has 1 unspecified atom stereocenters. The highest BCUT2D eigenvalue weighted by molar-refractivity contribution is 6.00. The first-order valence-electron chi connectivity index (χ1n) is 15.3. The van der Waals surface area contributed by atoms with Gasteiger partial charge in [0.15, 0.2) is 5.78 Å². The molecule has 10 nitrogen and oxygen atoms in total. The molecule has 1 fully saturated rings. The van der Waals surface area contributed by atoms with E-state index < -0.39 is 22.8 Å². The molecule has 2 heterocycles. The van der Waals surface area contributed by atoms with Crippen LogP contribution in [0.15, 0.2) is 71.1 Å². The van der Waals surface area contributed by atoms with Crippen molar-refractivity contribution >= 4 is 23.4 Å². The molecule has 0 aromatic heterocycles. The second-order valence-corrected chi connectivity index (χ2v) is 11.5. The third-order valence-electron chi connectivity index (χ3n) is 8.52. The Labute approximate surface area is 262 Å². The number of esters is 2. The number of ether oxygens (including phenoxy) is 2. The fourth-order valence-electron chi connectivity index (χ4n) is 6.16. The monoisotopic (exact) mass is 621 g/mol. The summed E-state index contributed by atoms with van der Waals surface area (Å²) < 4.78 is 23.8. The van der Waals surface area contributed by atoms with Crippen LogP contribution in [0, 0.1) is 21.8 Å². The molecule has 11 heteroatoms. The minimum Gasteiger partial charge on any atom is -0.466 e. The molecular formula is C34H40FN3O7. The van der Waals surface area contributed by atoms with Gasteiger partial charge in [0, 0.05) is 34.5 Å². The van der Waals surface area contributed by atoms with Crippen molar-refractivity contribution in [3.05, 3.63) is 98.1 Å². The van der Waals surface area contributed by atoms with Crippen LogP contribution in [0.1, 0.15) is 74.2 Å². The van der Waals surface area contributed by atoms with Gasteiger partial charge < -0.3 is 19.7 Å². The largest absolute Gasteiger partial charge is 0.466 e. The lowest BCUT2D eigenvalue weighted by atomic mass is 9.79. The van der Waals surface area contributed by atoms with E-state index in [0.29, 0.717) is 23.4 Å². The molecular weight excluding hydrogens is 581 g/mol. The summed E-state index contributed by atoms with van der Waals surface area (Å²) in [7, 11) is 1.22. The number of carbonyl (C=O) groups excluding carboxylic acids is 3. The molecule has 4 rings (SSSR count). The number of Topliss-reactive ketones (excluding diaryl/α,β-unsaturated/α-hetero) is 1. The maximum atomic E-state index is 13.4. The summed E-state index contributed by atoms with van der Waals surface area (Å²) >= 11 is 0. The van der Waals surface area contributed by atoms with Crippen molar-refractivity contribution in [2.45, 2.75) is 58.3 Å². The van der Waals surface area contributed by atoms with Gasteiger partial charge >= 0.3 is 11.9 Å². The lowest BCUT2D eigenvalue weighted by molar-refractivity contribution is -0.385. The second kappa shape index (κ2) is 15.6. The first-order valence-corrected chi connectivity index (χ1v) is 15.3. The number of rotatable bonds is 13. The van der Waals surface area contributed by atoms with Crippen LogP contribution in [0.25, 0.3) is 0 Å². The standard InChI is InChI=1S/C34H40FN3O7/c1-22-29(33(40)44-3)31(27-10-6-7-11-28(27)38(42)43)30(23(2)36-22)34(41)45-21-9-5-4-8-18-37-19-16-25(17-20-37)32(39)24-12-14-26(35)15-13-24/h6-7,10-15,25,31,36H,4-5,8-9,16-21H2,1-3H3. The molecule has 0 aliphatic carbocycles. The Morgan fingerprint density at radius 1 is 0.933 bits per heavy atom. The predicted molar refractivity (Wildman–Crippen MR) is 166 cm³/mol. The molecule has 0 spiro atoms. The zero-order valence-corrected chi connectivity index (χ0v) is 26.0. The Balaban J connectivity index is 1.25. The highest BCUT2D eigenvalue weighted by Crippen LogP contribution is 2.42. The van der Waals surface area contributed by atoms with Gasteiger partial charge in [0.25, 0.3) is 5.69 Å². The van der Waals surface area contributed by atoms with Crippen LogP contribution in [0.2, 0.25) is 0 Å². The second-order valence-electron chi connectivity index (χ2n) is 11.5. The van der Waals surface area contributed by atoms with E-state index in [1.807, 2.05) is 0 Å². The summed E-state index contributed by atoms with van der Waals surface area (Å²) in [5, 5.41) is 14.9. The summed E-state index contributed by atoms with van der Waals surface area (Å²) in [5.41, 5.74) is 1.72. The number of ketones is 1. The van der Waals surface area contributed by atoms with Crippen LogP contribution >= 0.6 is 0 Å². The molecule has 0 amide bonds. The number of nitrogens with zero attached hydrogens (tertiary/aromatic N) is 2. The molecule has 2 aliphatic heterocycles. The van der Waals surface area contributed by atoms with Crippen LogP contribution in [0.3, 0.4) is 0 Å². The quantitative estimate of drug-likeness (QED) is 0.0964. The average Bonchev–Trinajstić information content (AvgIpc) is 3.03. The molecule has 2 aliphatic rings. The summed E-state index contributed by atoms with van der Waals surface area (Å²) in [6.07, 6.45) is 5.00. The Hall–Kier alpha value is -4.38. The number of nitro benzene ring substituents is 1. The van der Waals surface area contributed by atoms with Gasteiger partial charge in [-0.15, -0.1) is 0 Å². The lowest BCUT2D eigenvalue weighted by Crippen LogP contribution is -2.36. The summed E-state index contributed by atoms with van der Waals surface area (Å²) in [4.78, 5) is 52.6. The SMILES string of the molecule is COC(=O)C1=C(C)NC(C)=C(C(=O)OCCCCCCN2CCC(C(=O)c3ccc(F)cc3)CC2)C1c1ccccc1[N+](=O)[O-]. The van der Waals surface area contributed by atoms with E-state index in [1.54, 1.807) is 32.0 Å². The summed E-state index contributed by atoms with van der Waals surface area (Å²) in [6.45, 7) is 6.13. The van der Waals surface area contributed by atoms with Crippen molar-refractivity contribution in [2.24, 2.45) is 5.92 Å². The topological polar surface area (TPSA) is 128 Å². The van der Waals surface area contributed by atoms with Gasteiger partial charge in [0.05, 0.1) is 35.7 Å². The molecule has 240 valence electrons. The third-order valence-corrected chi connectivity index (χ3v) is 8.52. The van der Waals surface area contributed by atoms with Gasteiger partial charge in [0.2, 0.25) is 0 Å². The fraction of sp³-hybridized carbons (Fsp3) is 0.441. The molecule has 2 aromatic rings. The van der Waals surface area contributed by atoms with E-state index in [-0.39, 0.29) is 46.5 Å². The summed E-state index contributed by atoms with van der Waals surface area (Å²) in [5.74, 6) is -2.65. The van der Waals surface area contributed by atoms with Gasteiger partial charge in [-0.25, -0.2) is 14.0 Å². The smallest absolute Gasteiger partial charge is 0.336 e.